The van der Waals surface area contributed by atoms with Gasteiger partial charge in [0, 0.05) is 13.1 Å². The van der Waals surface area contributed by atoms with E-state index in [1.54, 1.807) is 24.1 Å². The predicted molar refractivity (Wildman–Crippen MR) is 97.8 cm³/mol. The van der Waals surface area contributed by atoms with Crippen molar-refractivity contribution in [2.75, 3.05) is 19.5 Å². The monoisotopic (exact) mass is 389 g/mol. The molecule has 0 aliphatic rings. The van der Waals surface area contributed by atoms with Crippen LogP contribution >= 0.6 is 11.6 Å². The SMILES string of the molecule is CONC(=O)c1nnc(Cl)cc1Nc1cccc(-c2ncn(C)n2)c1OC. The third kappa shape index (κ3) is 3.96. The number of para-hydroxylation sites is 1. The van der Waals surface area contributed by atoms with Crippen LogP contribution in [0.15, 0.2) is 30.6 Å². The van der Waals surface area contributed by atoms with Crippen LogP contribution in [0, 0.1) is 0 Å². The summed E-state index contributed by atoms with van der Waals surface area (Å²) in [7, 11) is 4.63. The molecule has 1 amide bonds. The first kappa shape index (κ1) is 18.5. The molecule has 140 valence electrons. The highest BCUT2D eigenvalue weighted by Crippen LogP contribution is 2.36. The topological polar surface area (TPSA) is 116 Å². The van der Waals surface area contributed by atoms with Crippen LogP contribution in [0.5, 0.6) is 5.75 Å². The van der Waals surface area contributed by atoms with Gasteiger partial charge in [-0.2, -0.15) is 5.10 Å². The van der Waals surface area contributed by atoms with Crippen molar-refractivity contribution in [2.45, 2.75) is 0 Å². The molecule has 0 spiro atoms. The minimum absolute atomic E-state index is 0.00432. The fraction of sp³-hybridized carbons (Fsp3) is 0.188. The lowest BCUT2D eigenvalue weighted by Crippen LogP contribution is -2.24. The molecule has 2 heterocycles. The number of ether oxygens (including phenoxy) is 1. The van der Waals surface area contributed by atoms with Crippen molar-refractivity contribution < 1.29 is 14.4 Å². The number of methoxy groups -OCH3 is 1. The van der Waals surface area contributed by atoms with Gasteiger partial charge in [-0.1, -0.05) is 17.7 Å². The van der Waals surface area contributed by atoms with Gasteiger partial charge in [0.2, 0.25) is 0 Å². The number of aryl methyl sites for hydroxylation is 1. The van der Waals surface area contributed by atoms with E-state index in [1.807, 2.05) is 12.1 Å². The van der Waals surface area contributed by atoms with E-state index in [4.69, 9.17) is 16.3 Å². The van der Waals surface area contributed by atoms with E-state index in [9.17, 15) is 4.79 Å². The highest BCUT2D eigenvalue weighted by molar-refractivity contribution is 6.29. The Hall–Kier alpha value is -3.24. The maximum Gasteiger partial charge on any atom is 0.297 e. The van der Waals surface area contributed by atoms with Gasteiger partial charge in [-0.3, -0.25) is 14.3 Å². The first-order valence-corrected chi connectivity index (χ1v) is 8.08. The van der Waals surface area contributed by atoms with E-state index in [2.05, 4.69) is 35.9 Å². The predicted octanol–water partition coefficient (Wildman–Crippen LogP) is 1.97. The normalized spacial score (nSPS) is 10.5. The molecule has 1 aromatic carbocycles. The van der Waals surface area contributed by atoms with Crippen LogP contribution in [-0.2, 0) is 11.9 Å². The van der Waals surface area contributed by atoms with Crippen LogP contribution in [0.25, 0.3) is 11.4 Å². The molecule has 0 atom stereocenters. The van der Waals surface area contributed by atoms with Gasteiger partial charge in [-0.05, 0) is 12.1 Å². The second-order valence-electron chi connectivity index (χ2n) is 5.32. The van der Waals surface area contributed by atoms with Gasteiger partial charge >= 0.3 is 0 Å². The van der Waals surface area contributed by atoms with Gasteiger partial charge in [-0.25, -0.2) is 10.5 Å². The molecule has 3 aromatic rings. The molecule has 27 heavy (non-hydrogen) atoms. The molecule has 0 radical (unpaired) electrons. The molecule has 0 saturated heterocycles. The Labute approximate surface area is 159 Å². The summed E-state index contributed by atoms with van der Waals surface area (Å²) in [4.78, 5) is 21.0. The molecule has 2 aromatic heterocycles. The van der Waals surface area contributed by atoms with Crippen LogP contribution < -0.4 is 15.5 Å². The maximum atomic E-state index is 12.1. The molecule has 10 nitrogen and oxygen atoms in total. The van der Waals surface area contributed by atoms with Crippen LogP contribution in [0.1, 0.15) is 10.5 Å². The first-order valence-electron chi connectivity index (χ1n) is 7.70. The summed E-state index contributed by atoms with van der Waals surface area (Å²) in [6.07, 6.45) is 1.59. The summed E-state index contributed by atoms with van der Waals surface area (Å²) in [6.45, 7) is 0. The largest absolute Gasteiger partial charge is 0.494 e. The number of nitrogens with one attached hydrogen (secondary N) is 2. The van der Waals surface area contributed by atoms with E-state index in [-0.39, 0.29) is 10.8 Å². The molecule has 0 saturated carbocycles. The van der Waals surface area contributed by atoms with Gasteiger partial charge in [0.05, 0.1) is 31.2 Å². The second-order valence-corrected chi connectivity index (χ2v) is 5.71. The molecule has 0 aliphatic carbocycles. The molecule has 2 N–H and O–H groups in total. The second kappa shape index (κ2) is 7.98. The fourth-order valence-electron chi connectivity index (χ4n) is 2.41. The van der Waals surface area contributed by atoms with Crippen LogP contribution in [0.4, 0.5) is 11.4 Å². The average molecular weight is 390 g/mol. The van der Waals surface area contributed by atoms with E-state index in [0.717, 1.165) is 0 Å². The maximum absolute atomic E-state index is 12.1. The van der Waals surface area contributed by atoms with Gasteiger partial charge < -0.3 is 10.1 Å². The van der Waals surface area contributed by atoms with Gasteiger partial charge in [0.1, 0.15) is 6.33 Å². The van der Waals surface area contributed by atoms with Gasteiger partial charge in [-0.15, -0.1) is 10.2 Å². The molecule has 0 aliphatic heterocycles. The number of aromatic nitrogens is 5. The number of benzene rings is 1. The summed E-state index contributed by atoms with van der Waals surface area (Å²) >= 11 is 5.94. The Morgan fingerprint density at radius 1 is 1.22 bits per heavy atom. The van der Waals surface area contributed by atoms with Crippen molar-refractivity contribution in [2.24, 2.45) is 7.05 Å². The van der Waals surface area contributed by atoms with E-state index < -0.39 is 5.91 Å². The minimum Gasteiger partial charge on any atom is -0.494 e. The van der Waals surface area contributed by atoms with Crippen molar-refractivity contribution in [3.05, 3.63) is 41.4 Å². The molecular weight excluding hydrogens is 374 g/mol. The third-order valence-corrected chi connectivity index (χ3v) is 3.69. The summed E-state index contributed by atoms with van der Waals surface area (Å²) in [5.74, 6) is 0.418. The molecule has 11 heteroatoms. The number of halogens is 1. The van der Waals surface area contributed by atoms with Crippen molar-refractivity contribution >= 4 is 28.9 Å². The smallest absolute Gasteiger partial charge is 0.297 e. The Kier molecular flexibility index (Phi) is 5.48. The number of anilines is 2. The van der Waals surface area contributed by atoms with Gasteiger partial charge in [0.15, 0.2) is 22.4 Å². The lowest BCUT2D eigenvalue weighted by molar-refractivity contribution is 0.0532. The first-order chi connectivity index (χ1) is 13.0. The number of carbonyl (C=O) groups is 1. The van der Waals surface area contributed by atoms with Crippen molar-refractivity contribution in [1.29, 1.82) is 0 Å². The number of rotatable bonds is 6. The molecule has 0 bridgehead atoms. The Balaban J connectivity index is 2.04. The number of hydroxylamine groups is 1. The number of hydrogen-bond donors (Lipinski definition) is 2. The number of carbonyl (C=O) groups excluding carboxylic acids is 1. The molecule has 0 unspecified atom stereocenters. The average Bonchev–Trinajstić information content (AvgIpc) is 3.08. The Morgan fingerprint density at radius 2 is 2.04 bits per heavy atom. The highest BCUT2D eigenvalue weighted by Gasteiger charge is 2.19. The lowest BCUT2D eigenvalue weighted by atomic mass is 10.1. The lowest BCUT2D eigenvalue weighted by Gasteiger charge is -2.15. The number of hydrogen-bond acceptors (Lipinski definition) is 8. The zero-order valence-corrected chi connectivity index (χ0v) is 15.5. The van der Waals surface area contributed by atoms with E-state index in [1.165, 1.54) is 20.3 Å². The summed E-state index contributed by atoms with van der Waals surface area (Å²) in [6, 6.07) is 6.89. The van der Waals surface area contributed by atoms with Crippen LogP contribution in [0.2, 0.25) is 5.15 Å². The zero-order chi connectivity index (χ0) is 19.4. The standard InChI is InChI=1S/C16H16ClN7O3/c1-24-8-18-15(22-24)9-5-4-6-10(14(9)26-2)19-11-7-12(17)20-21-13(11)16(25)23-27-3/h4-8H,1-3H3,(H,19,20)(H,23,25). The Bertz CT molecular complexity index is 976. The Morgan fingerprint density at radius 3 is 2.70 bits per heavy atom. The zero-order valence-electron chi connectivity index (χ0n) is 14.7. The van der Waals surface area contributed by atoms with Crippen molar-refractivity contribution in [3.8, 4) is 17.1 Å². The fourth-order valence-corrected chi connectivity index (χ4v) is 2.56. The van der Waals surface area contributed by atoms with Crippen LogP contribution in [-0.4, -0.2) is 45.1 Å². The van der Waals surface area contributed by atoms with Gasteiger partial charge in [0.25, 0.3) is 5.91 Å². The number of amides is 1. The molecular formula is C16H16ClN7O3. The third-order valence-electron chi connectivity index (χ3n) is 3.50. The minimum atomic E-state index is -0.578. The van der Waals surface area contributed by atoms with Crippen LogP contribution in [0.3, 0.4) is 0 Å². The van der Waals surface area contributed by atoms with E-state index in [0.29, 0.717) is 28.5 Å². The van der Waals surface area contributed by atoms with Crippen molar-refractivity contribution in [3.63, 3.8) is 0 Å². The summed E-state index contributed by atoms with van der Waals surface area (Å²) < 4.78 is 7.14. The number of nitrogens with zero attached hydrogens (tertiary/aromatic N) is 5. The summed E-state index contributed by atoms with van der Waals surface area (Å²) in [5.41, 5.74) is 3.78. The molecule has 0 fully saturated rings. The quantitative estimate of drug-likeness (QED) is 0.614. The van der Waals surface area contributed by atoms with Crippen molar-refractivity contribution in [1.82, 2.24) is 30.4 Å². The highest BCUT2D eigenvalue weighted by atomic mass is 35.5. The van der Waals surface area contributed by atoms with E-state index >= 15 is 0 Å². The molecule has 3 rings (SSSR count). The summed E-state index contributed by atoms with van der Waals surface area (Å²) in [5, 5.41) is 15.0.